The van der Waals surface area contributed by atoms with Crippen molar-refractivity contribution in [2.45, 2.75) is 13.0 Å². The number of pyridine rings is 2. The number of hydrogen-bond acceptors (Lipinski definition) is 6. The first kappa shape index (κ1) is 16.0. The smallest absolute Gasteiger partial charge is 0.131 e. The molecule has 0 bridgehead atoms. The molecule has 3 N–H and O–H groups in total. The Morgan fingerprint density at radius 3 is 2.58 bits per heavy atom. The summed E-state index contributed by atoms with van der Waals surface area (Å²) in [5, 5.41) is 3.36. The molecule has 1 aromatic carbocycles. The van der Waals surface area contributed by atoms with E-state index in [9.17, 15) is 0 Å². The summed E-state index contributed by atoms with van der Waals surface area (Å²) in [6, 6.07) is 17.8. The van der Waals surface area contributed by atoms with E-state index in [2.05, 4.69) is 45.4 Å². The third-order valence-corrected chi connectivity index (χ3v) is 4.16. The maximum Gasteiger partial charge on any atom is 0.131 e. The number of rotatable bonds is 4. The highest BCUT2D eigenvalue weighted by molar-refractivity contribution is 5.82. The average Bonchev–Trinajstić information content (AvgIpc) is 2.67. The van der Waals surface area contributed by atoms with Gasteiger partial charge in [0, 0.05) is 17.8 Å². The molecular weight excluding hydrogens is 324 g/mol. The van der Waals surface area contributed by atoms with Gasteiger partial charge in [0.1, 0.15) is 18.0 Å². The maximum absolute atomic E-state index is 5.75. The van der Waals surface area contributed by atoms with Gasteiger partial charge in [-0.15, -0.1) is 0 Å². The number of hydrogen-bond donors (Lipinski definition) is 2. The molecular formula is C20H18N6. The molecule has 0 aliphatic heterocycles. The second-order valence-electron chi connectivity index (χ2n) is 6.02. The maximum atomic E-state index is 5.75. The molecule has 0 fully saturated rings. The van der Waals surface area contributed by atoms with Crippen molar-refractivity contribution in [1.82, 2.24) is 19.9 Å². The van der Waals surface area contributed by atoms with E-state index in [4.69, 9.17) is 10.7 Å². The quantitative estimate of drug-likeness (QED) is 0.585. The summed E-state index contributed by atoms with van der Waals surface area (Å²) in [7, 11) is 0. The highest BCUT2D eigenvalue weighted by atomic mass is 15.1. The van der Waals surface area contributed by atoms with Gasteiger partial charge < -0.3 is 11.1 Å². The van der Waals surface area contributed by atoms with Crippen molar-refractivity contribution < 1.29 is 0 Å². The average molecular weight is 342 g/mol. The summed E-state index contributed by atoms with van der Waals surface area (Å²) in [4.78, 5) is 17.5. The standard InChI is InChI=1S/C20H18N6/c1-13(25-19-11-18(21)23-12-24-19)20-15(14-6-3-2-4-7-14)10-17-16(26-20)8-5-9-22-17/h2-13H,1H3,(H3,21,23,24,25). The molecule has 0 saturated carbocycles. The Balaban J connectivity index is 1.81. The zero-order valence-electron chi connectivity index (χ0n) is 14.3. The fourth-order valence-electron chi connectivity index (χ4n) is 2.94. The van der Waals surface area contributed by atoms with Crippen LogP contribution in [0, 0.1) is 0 Å². The molecule has 0 aliphatic rings. The van der Waals surface area contributed by atoms with Crippen LogP contribution in [0.25, 0.3) is 22.2 Å². The van der Waals surface area contributed by atoms with Crippen LogP contribution in [-0.2, 0) is 0 Å². The fraction of sp³-hybridized carbons (Fsp3) is 0.100. The topological polar surface area (TPSA) is 89.6 Å². The van der Waals surface area contributed by atoms with Crippen LogP contribution in [0.3, 0.4) is 0 Å². The lowest BCUT2D eigenvalue weighted by Crippen LogP contribution is -2.12. The monoisotopic (exact) mass is 342 g/mol. The van der Waals surface area contributed by atoms with Gasteiger partial charge >= 0.3 is 0 Å². The van der Waals surface area contributed by atoms with Crippen LogP contribution < -0.4 is 11.1 Å². The lowest BCUT2D eigenvalue weighted by atomic mass is 9.99. The minimum atomic E-state index is -0.0795. The van der Waals surface area contributed by atoms with E-state index in [1.807, 2.05) is 30.3 Å². The molecule has 26 heavy (non-hydrogen) atoms. The van der Waals surface area contributed by atoms with Gasteiger partial charge in [-0.2, -0.15) is 0 Å². The SMILES string of the molecule is CC(Nc1cc(N)ncn1)c1nc2cccnc2cc1-c1ccccc1. The highest BCUT2D eigenvalue weighted by Gasteiger charge is 2.16. The normalized spacial score (nSPS) is 12.0. The first-order valence-corrected chi connectivity index (χ1v) is 8.36. The third kappa shape index (κ3) is 3.17. The lowest BCUT2D eigenvalue weighted by molar-refractivity contribution is 0.839. The number of nitrogens with zero attached hydrogens (tertiary/aromatic N) is 4. The van der Waals surface area contributed by atoms with E-state index in [0.29, 0.717) is 11.6 Å². The van der Waals surface area contributed by atoms with Gasteiger partial charge in [0.25, 0.3) is 0 Å². The Bertz CT molecular complexity index is 1050. The van der Waals surface area contributed by atoms with E-state index in [0.717, 1.165) is 27.9 Å². The summed E-state index contributed by atoms with van der Waals surface area (Å²) in [5.74, 6) is 1.09. The second kappa shape index (κ2) is 6.76. The largest absolute Gasteiger partial charge is 0.384 e. The van der Waals surface area contributed by atoms with Crippen molar-refractivity contribution in [3.8, 4) is 11.1 Å². The van der Waals surface area contributed by atoms with Crippen molar-refractivity contribution in [3.63, 3.8) is 0 Å². The van der Waals surface area contributed by atoms with Crippen molar-refractivity contribution in [2.24, 2.45) is 0 Å². The van der Waals surface area contributed by atoms with Gasteiger partial charge in [-0.05, 0) is 30.7 Å². The third-order valence-electron chi connectivity index (χ3n) is 4.16. The van der Waals surface area contributed by atoms with E-state index < -0.39 is 0 Å². The fourth-order valence-corrected chi connectivity index (χ4v) is 2.94. The first-order valence-electron chi connectivity index (χ1n) is 8.36. The minimum Gasteiger partial charge on any atom is -0.384 e. The Morgan fingerprint density at radius 2 is 1.77 bits per heavy atom. The van der Waals surface area contributed by atoms with Crippen LogP contribution >= 0.6 is 0 Å². The van der Waals surface area contributed by atoms with Crippen LogP contribution in [0.15, 0.2) is 67.1 Å². The molecule has 128 valence electrons. The van der Waals surface area contributed by atoms with Gasteiger partial charge in [0.2, 0.25) is 0 Å². The number of nitrogen functional groups attached to an aromatic ring is 1. The van der Waals surface area contributed by atoms with E-state index in [1.54, 1.807) is 12.3 Å². The molecule has 3 aromatic heterocycles. The van der Waals surface area contributed by atoms with Crippen LogP contribution in [0.2, 0.25) is 0 Å². The molecule has 0 amide bonds. The minimum absolute atomic E-state index is 0.0795. The predicted molar refractivity (Wildman–Crippen MR) is 103 cm³/mol. The number of fused-ring (bicyclic) bond motifs is 1. The summed E-state index contributed by atoms with van der Waals surface area (Å²) in [6.07, 6.45) is 3.23. The van der Waals surface area contributed by atoms with Crippen LogP contribution in [0.1, 0.15) is 18.7 Å². The number of nitrogens with two attached hydrogens (primary N) is 1. The molecule has 1 atom stereocenters. The van der Waals surface area contributed by atoms with Crippen LogP contribution in [0.5, 0.6) is 0 Å². The van der Waals surface area contributed by atoms with E-state index in [1.165, 1.54) is 6.33 Å². The van der Waals surface area contributed by atoms with Gasteiger partial charge in [0.15, 0.2) is 0 Å². The van der Waals surface area contributed by atoms with Crippen molar-refractivity contribution in [3.05, 3.63) is 72.8 Å². The number of nitrogens with one attached hydrogen (secondary N) is 1. The Hall–Kier alpha value is -3.54. The number of aromatic nitrogens is 4. The summed E-state index contributed by atoms with van der Waals surface area (Å²) < 4.78 is 0. The van der Waals surface area contributed by atoms with E-state index in [-0.39, 0.29) is 6.04 Å². The van der Waals surface area contributed by atoms with Crippen LogP contribution in [0.4, 0.5) is 11.6 Å². The highest BCUT2D eigenvalue weighted by Crippen LogP contribution is 2.31. The molecule has 6 heteroatoms. The summed E-state index contributed by atoms with van der Waals surface area (Å²) in [6.45, 7) is 2.05. The first-order chi connectivity index (χ1) is 12.7. The van der Waals surface area contributed by atoms with Crippen molar-refractivity contribution in [1.29, 1.82) is 0 Å². The molecule has 0 saturated heterocycles. The Labute approximate surface area is 151 Å². The number of benzene rings is 1. The van der Waals surface area contributed by atoms with Crippen molar-refractivity contribution in [2.75, 3.05) is 11.1 Å². The Kier molecular flexibility index (Phi) is 4.15. The lowest BCUT2D eigenvalue weighted by Gasteiger charge is -2.18. The van der Waals surface area contributed by atoms with Gasteiger partial charge in [-0.1, -0.05) is 30.3 Å². The molecule has 0 radical (unpaired) electrons. The molecule has 4 rings (SSSR count). The molecule has 4 aromatic rings. The zero-order valence-corrected chi connectivity index (χ0v) is 14.3. The molecule has 1 unspecified atom stereocenters. The van der Waals surface area contributed by atoms with Crippen LogP contribution in [-0.4, -0.2) is 19.9 Å². The molecule has 6 nitrogen and oxygen atoms in total. The van der Waals surface area contributed by atoms with E-state index >= 15 is 0 Å². The van der Waals surface area contributed by atoms with Gasteiger partial charge in [0.05, 0.1) is 22.8 Å². The van der Waals surface area contributed by atoms with Gasteiger partial charge in [-0.25, -0.2) is 15.0 Å². The molecule has 0 spiro atoms. The second-order valence-corrected chi connectivity index (χ2v) is 6.02. The summed E-state index contributed by atoms with van der Waals surface area (Å²) >= 11 is 0. The zero-order chi connectivity index (χ0) is 17.9. The number of anilines is 2. The van der Waals surface area contributed by atoms with Crippen molar-refractivity contribution >= 4 is 22.7 Å². The molecule has 0 aliphatic carbocycles. The summed E-state index contributed by atoms with van der Waals surface area (Å²) in [5.41, 5.74) is 10.5. The van der Waals surface area contributed by atoms with Gasteiger partial charge in [-0.3, -0.25) is 4.98 Å². The Morgan fingerprint density at radius 1 is 0.923 bits per heavy atom. The molecule has 3 heterocycles. The predicted octanol–water partition coefficient (Wildman–Crippen LogP) is 3.84.